The number of hydrogen-bond acceptors (Lipinski definition) is 2. The van der Waals surface area contributed by atoms with E-state index in [1.807, 2.05) is 0 Å². The fourth-order valence-electron chi connectivity index (χ4n) is 3.17. The minimum Gasteiger partial charge on any atom is -0.388 e. The van der Waals surface area contributed by atoms with Crippen LogP contribution in [0.5, 0.6) is 0 Å². The number of hydrogen-bond donors (Lipinski definition) is 2. The first-order valence-electron chi connectivity index (χ1n) is 6.95. The summed E-state index contributed by atoms with van der Waals surface area (Å²) in [6, 6.07) is 3.08. The third kappa shape index (κ3) is 2.37. The minimum absolute atomic E-state index is 0.0732. The van der Waals surface area contributed by atoms with Crippen LogP contribution in [0.15, 0.2) is 12.1 Å². The number of carbonyl (C=O) groups excluding carboxylic acids is 1. The lowest BCUT2D eigenvalue weighted by Crippen LogP contribution is -2.20. The third-order valence-corrected chi connectivity index (χ3v) is 4.28. The van der Waals surface area contributed by atoms with E-state index in [2.05, 4.69) is 5.32 Å². The van der Waals surface area contributed by atoms with Gasteiger partial charge in [-0.2, -0.15) is 0 Å². The molecule has 0 bridgehead atoms. The van der Waals surface area contributed by atoms with Crippen molar-refractivity contribution in [3.63, 3.8) is 0 Å². The predicted molar refractivity (Wildman–Crippen MR) is 70.3 cm³/mol. The number of benzene rings is 1. The Morgan fingerprint density at radius 1 is 1.26 bits per heavy atom. The first-order valence-corrected chi connectivity index (χ1v) is 6.95. The average Bonchev–Trinajstić information content (AvgIpc) is 2.91. The molecule has 0 saturated heterocycles. The molecule has 4 heteroatoms. The molecule has 1 unspecified atom stereocenters. The maximum atomic E-state index is 14.1. The summed E-state index contributed by atoms with van der Waals surface area (Å²) in [5, 5.41) is 13.0. The largest absolute Gasteiger partial charge is 0.388 e. The van der Waals surface area contributed by atoms with E-state index in [1.54, 1.807) is 6.07 Å². The minimum atomic E-state index is -0.717. The number of rotatable bonds is 2. The Labute approximate surface area is 111 Å². The highest BCUT2D eigenvalue weighted by Gasteiger charge is 2.28. The Kier molecular flexibility index (Phi) is 3.27. The second-order valence-corrected chi connectivity index (χ2v) is 5.57. The number of carbonyl (C=O) groups is 1. The SMILES string of the molecule is O=C1CCc2cc(C(O)C3CCCC3)c(F)cc2N1. The predicted octanol–water partition coefficient (Wildman–Crippen LogP) is 2.93. The molecule has 1 aromatic rings. The van der Waals surface area contributed by atoms with Crippen LogP contribution in [0.4, 0.5) is 10.1 Å². The van der Waals surface area contributed by atoms with E-state index >= 15 is 0 Å². The van der Waals surface area contributed by atoms with Crippen molar-refractivity contribution in [2.75, 3.05) is 5.32 Å². The summed E-state index contributed by atoms with van der Waals surface area (Å²) >= 11 is 0. The molecular weight excluding hydrogens is 245 g/mol. The Bertz CT molecular complexity index is 509. The van der Waals surface area contributed by atoms with E-state index in [4.69, 9.17) is 0 Å². The molecule has 2 aliphatic rings. The molecule has 1 amide bonds. The second kappa shape index (κ2) is 4.93. The molecule has 2 N–H and O–H groups in total. The molecular formula is C15H18FNO2. The molecule has 3 rings (SSSR count). The third-order valence-electron chi connectivity index (χ3n) is 4.28. The average molecular weight is 263 g/mol. The summed E-state index contributed by atoms with van der Waals surface area (Å²) in [7, 11) is 0. The van der Waals surface area contributed by atoms with E-state index in [-0.39, 0.29) is 11.8 Å². The second-order valence-electron chi connectivity index (χ2n) is 5.57. The number of fused-ring (bicyclic) bond motifs is 1. The summed E-state index contributed by atoms with van der Waals surface area (Å²) in [5.74, 6) is -0.318. The van der Waals surface area contributed by atoms with E-state index in [9.17, 15) is 14.3 Å². The molecule has 0 radical (unpaired) electrons. The van der Waals surface area contributed by atoms with Gasteiger partial charge >= 0.3 is 0 Å². The van der Waals surface area contributed by atoms with Crippen molar-refractivity contribution in [3.05, 3.63) is 29.1 Å². The lowest BCUT2D eigenvalue weighted by Gasteiger charge is -2.23. The smallest absolute Gasteiger partial charge is 0.224 e. The molecule has 1 aliphatic carbocycles. The van der Waals surface area contributed by atoms with Crippen molar-refractivity contribution >= 4 is 11.6 Å². The van der Waals surface area contributed by atoms with Crippen molar-refractivity contribution in [1.29, 1.82) is 0 Å². The maximum Gasteiger partial charge on any atom is 0.224 e. The molecule has 102 valence electrons. The van der Waals surface area contributed by atoms with Gasteiger partial charge in [0, 0.05) is 17.7 Å². The van der Waals surface area contributed by atoms with Crippen LogP contribution in [0.3, 0.4) is 0 Å². The van der Waals surface area contributed by atoms with Gasteiger partial charge in [0.05, 0.1) is 6.10 Å². The molecule has 0 spiro atoms. The van der Waals surface area contributed by atoms with Crippen LogP contribution in [0, 0.1) is 11.7 Å². The molecule has 19 heavy (non-hydrogen) atoms. The molecule has 1 saturated carbocycles. The molecule has 1 atom stereocenters. The van der Waals surface area contributed by atoms with Crippen LogP contribution in [0.25, 0.3) is 0 Å². The molecule has 1 fully saturated rings. The summed E-state index contributed by atoms with van der Waals surface area (Å²) in [4.78, 5) is 11.3. The van der Waals surface area contributed by atoms with E-state index in [0.717, 1.165) is 31.2 Å². The zero-order chi connectivity index (χ0) is 13.4. The maximum absolute atomic E-state index is 14.1. The summed E-state index contributed by atoms with van der Waals surface area (Å²) in [6.07, 6.45) is 4.49. The number of aliphatic hydroxyl groups excluding tert-OH is 1. The molecule has 1 heterocycles. The van der Waals surface area contributed by atoms with E-state index in [0.29, 0.717) is 24.1 Å². The van der Waals surface area contributed by atoms with Crippen LogP contribution in [0.1, 0.15) is 49.3 Å². The molecule has 0 aromatic heterocycles. The normalized spacial score (nSPS) is 21.1. The van der Waals surface area contributed by atoms with Gasteiger partial charge in [0.2, 0.25) is 5.91 Å². The lowest BCUT2D eigenvalue weighted by molar-refractivity contribution is -0.116. The highest BCUT2D eigenvalue weighted by Crippen LogP contribution is 2.38. The van der Waals surface area contributed by atoms with Crippen LogP contribution in [-0.2, 0) is 11.2 Å². The van der Waals surface area contributed by atoms with E-state index in [1.165, 1.54) is 6.07 Å². The zero-order valence-electron chi connectivity index (χ0n) is 10.8. The van der Waals surface area contributed by atoms with Crippen LogP contribution in [0.2, 0.25) is 0 Å². The number of aryl methyl sites for hydroxylation is 1. The van der Waals surface area contributed by atoms with Crippen molar-refractivity contribution in [2.24, 2.45) is 5.92 Å². The fraction of sp³-hybridized carbons (Fsp3) is 0.533. The number of amides is 1. The first kappa shape index (κ1) is 12.6. The van der Waals surface area contributed by atoms with Gasteiger partial charge in [0.25, 0.3) is 0 Å². The van der Waals surface area contributed by atoms with Gasteiger partial charge in [-0.15, -0.1) is 0 Å². The van der Waals surface area contributed by atoms with Gasteiger partial charge in [-0.3, -0.25) is 4.79 Å². The van der Waals surface area contributed by atoms with E-state index < -0.39 is 11.9 Å². The number of halogens is 1. The first-order chi connectivity index (χ1) is 9.15. The van der Waals surface area contributed by atoms with Crippen LogP contribution in [-0.4, -0.2) is 11.0 Å². The Hall–Kier alpha value is -1.42. The van der Waals surface area contributed by atoms with Gasteiger partial charge in [-0.05, 0) is 42.9 Å². The monoisotopic (exact) mass is 263 g/mol. The quantitative estimate of drug-likeness (QED) is 0.862. The van der Waals surface area contributed by atoms with Crippen molar-refractivity contribution < 1.29 is 14.3 Å². The van der Waals surface area contributed by atoms with Crippen molar-refractivity contribution in [1.82, 2.24) is 0 Å². The van der Waals surface area contributed by atoms with Crippen LogP contribution < -0.4 is 5.32 Å². The Balaban J connectivity index is 1.91. The number of anilines is 1. The molecule has 1 aromatic carbocycles. The van der Waals surface area contributed by atoms with Gasteiger partial charge in [0.1, 0.15) is 5.82 Å². The zero-order valence-corrected chi connectivity index (χ0v) is 10.8. The topological polar surface area (TPSA) is 49.3 Å². The van der Waals surface area contributed by atoms with Gasteiger partial charge in [-0.25, -0.2) is 4.39 Å². The molecule has 1 aliphatic heterocycles. The molecule has 3 nitrogen and oxygen atoms in total. The lowest BCUT2D eigenvalue weighted by atomic mass is 9.91. The van der Waals surface area contributed by atoms with Crippen LogP contribution >= 0.6 is 0 Å². The summed E-state index contributed by atoms with van der Waals surface area (Å²) in [5.41, 5.74) is 1.87. The van der Waals surface area contributed by atoms with Gasteiger partial charge in [-0.1, -0.05) is 12.8 Å². The Morgan fingerprint density at radius 3 is 2.74 bits per heavy atom. The number of aliphatic hydroxyl groups is 1. The van der Waals surface area contributed by atoms with Crippen molar-refractivity contribution in [3.8, 4) is 0 Å². The van der Waals surface area contributed by atoms with Crippen molar-refractivity contribution in [2.45, 2.75) is 44.6 Å². The highest BCUT2D eigenvalue weighted by molar-refractivity contribution is 5.93. The summed E-state index contributed by atoms with van der Waals surface area (Å²) in [6.45, 7) is 0. The van der Waals surface area contributed by atoms with Gasteiger partial charge in [0.15, 0.2) is 0 Å². The standard InChI is InChI=1S/C15H18FNO2/c16-12-8-13-10(5-6-14(18)17-13)7-11(12)15(19)9-3-1-2-4-9/h7-9,15,19H,1-6H2,(H,17,18). The Morgan fingerprint density at radius 2 is 2.00 bits per heavy atom. The fourth-order valence-corrected chi connectivity index (χ4v) is 3.17. The number of nitrogens with one attached hydrogen (secondary N) is 1. The van der Waals surface area contributed by atoms with Gasteiger partial charge < -0.3 is 10.4 Å². The highest BCUT2D eigenvalue weighted by atomic mass is 19.1. The summed E-state index contributed by atoms with van der Waals surface area (Å²) < 4.78 is 14.1.